The van der Waals surface area contributed by atoms with Gasteiger partial charge in [-0.05, 0) is 35.2 Å². The zero-order chi connectivity index (χ0) is 15.7. The molecule has 1 aromatic heterocycles. The van der Waals surface area contributed by atoms with Gasteiger partial charge in [-0.2, -0.15) is 0 Å². The number of pyridine rings is 1. The standard InChI is InChI=1S/C15H17FN2O2S/c1-15(2,3)11-4-7-13(8-5-11)21(19,20)18-14-9-6-12(16)10-17-14/h4-10H,1-3H3,(H,17,18). The van der Waals surface area contributed by atoms with Gasteiger partial charge in [-0.25, -0.2) is 17.8 Å². The summed E-state index contributed by atoms with van der Waals surface area (Å²) in [4.78, 5) is 3.82. The van der Waals surface area contributed by atoms with Crippen LogP contribution in [0.2, 0.25) is 0 Å². The van der Waals surface area contributed by atoms with Gasteiger partial charge in [-0.15, -0.1) is 0 Å². The van der Waals surface area contributed by atoms with Crippen molar-refractivity contribution in [2.45, 2.75) is 31.1 Å². The maximum absolute atomic E-state index is 12.8. The fraction of sp³-hybridized carbons (Fsp3) is 0.267. The third-order valence-corrected chi connectivity index (χ3v) is 4.37. The lowest BCUT2D eigenvalue weighted by Gasteiger charge is -2.19. The third-order valence-electron chi connectivity index (χ3n) is 3.00. The summed E-state index contributed by atoms with van der Waals surface area (Å²) in [5.41, 5.74) is 0.996. The van der Waals surface area contributed by atoms with Crippen LogP contribution in [0.3, 0.4) is 0 Å². The molecular formula is C15H17FN2O2S. The fourth-order valence-corrected chi connectivity index (χ4v) is 2.78. The van der Waals surface area contributed by atoms with Gasteiger partial charge in [0.25, 0.3) is 10.0 Å². The molecule has 1 aromatic carbocycles. The summed E-state index contributed by atoms with van der Waals surface area (Å²) < 4.78 is 39.5. The van der Waals surface area contributed by atoms with E-state index >= 15 is 0 Å². The van der Waals surface area contributed by atoms with E-state index in [1.54, 1.807) is 24.3 Å². The highest BCUT2D eigenvalue weighted by molar-refractivity contribution is 7.92. The maximum atomic E-state index is 12.8. The number of benzene rings is 1. The van der Waals surface area contributed by atoms with Gasteiger partial charge in [0.1, 0.15) is 11.6 Å². The molecule has 2 aromatic rings. The zero-order valence-electron chi connectivity index (χ0n) is 12.1. The Morgan fingerprint density at radius 2 is 1.67 bits per heavy atom. The van der Waals surface area contributed by atoms with Gasteiger partial charge < -0.3 is 0 Å². The second-order valence-corrected chi connectivity index (χ2v) is 7.42. The smallest absolute Gasteiger partial charge is 0.263 e. The Labute approximate surface area is 124 Å². The number of hydrogen-bond donors (Lipinski definition) is 1. The minimum atomic E-state index is -3.72. The summed E-state index contributed by atoms with van der Waals surface area (Å²) >= 11 is 0. The first-order valence-corrected chi connectivity index (χ1v) is 7.92. The molecule has 0 bridgehead atoms. The van der Waals surface area contributed by atoms with Gasteiger partial charge in [0.15, 0.2) is 0 Å². The van der Waals surface area contributed by atoms with E-state index in [2.05, 4.69) is 30.5 Å². The predicted molar refractivity (Wildman–Crippen MR) is 80.1 cm³/mol. The molecule has 2 rings (SSSR count). The highest BCUT2D eigenvalue weighted by atomic mass is 32.2. The minimum Gasteiger partial charge on any atom is -0.263 e. The van der Waals surface area contributed by atoms with Crippen LogP contribution in [0, 0.1) is 5.82 Å². The second-order valence-electron chi connectivity index (χ2n) is 5.74. The van der Waals surface area contributed by atoms with Crippen LogP contribution >= 0.6 is 0 Å². The number of aromatic nitrogens is 1. The zero-order valence-corrected chi connectivity index (χ0v) is 12.9. The van der Waals surface area contributed by atoms with Gasteiger partial charge in [-0.3, -0.25) is 4.72 Å². The first-order valence-electron chi connectivity index (χ1n) is 6.43. The van der Waals surface area contributed by atoms with Crippen molar-refractivity contribution < 1.29 is 12.8 Å². The van der Waals surface area contributed by atoms with E-state index in [9.17, 15) is 12.8 Å². The molecule has 112 valence electrons. The van der Waals surface area contributed by atoms with Crippen LogP contribution in [-0.2, 0) is 15.4 Å². The van der Waals surface area contributed by atoms with Crippen molar-refractivity contribution >= 4 is 15.8 Å². The van der Waals surface area contributed by atoms with Gasteiger partial charge in [0.2, 0.25) is 0 Å². The molecule has 0 saturated carbocycles. The molecule has 0 radical (unpaired) electrons. The normalized spacial score (nSPS) is 12.2. The number of rotatable bonds is 3. The van der Waals surface area contributed by atoms with Crippen LogP contribution in [0.5, 0.6) is 0 Å². The Morgan fingerprint density at radius 1 is 1.05 bits per heavy atom. The second kappa shape index (κ2) is 5.44. The van der Waals surface area contributed by atoms with E-state index < -0.39 is 15.8 Å². The fourth-order valence-electron chi connectivity index (χ4n) is 1.77. The van der Waals surface area contributed by atoms with E-state index in [0.29, 0.717) is 0 Å². The SMILES string of the molecule is CC(C)(C)c1ccc(S(=O)(=O)Nc2ccc(F)cn2)cc1. The Hall–Kier alpha value is -1.95. The topological polar surface area (TPSA) is 59.1 Å². The van der Waals surface area contributed by atoms with Gasteiger partial charge in [0.05, 0.1) is 11.1 Å². The molecule has 0 atom stereocenters. The maximum Gasteiger partial charge on any atom is 0.263 e. The Bertz CT molecular complexity index is 718. The monoisotopic (exact) mass is 308 g/mol. The summed E-state index contributed by atoms with van der Waals surface area (Å²) in [6.45, 7) is 6.16. The molecular weight excluding hydrogens is 291 g/mol. The van der Waals surface area contributed by atoms with Crippen molar-refractivity contribution in [2.75, 3.05) is 4.72 Å². The summed E-state index contributed by atoms with van der Waals surface area (Å²) in [7, 11) is -3.72. The molecule has 6 heteroatoms. The molecule has 0 aliphatic carbocycles. The lowest BCUT2D eigenvalue weighted by atomic mass is 9.87. The van der Waals surface area contributed by atoms with Gasteiger partial charge >= 0.3 is 0 Å². The van der Waals surface area contributed by atoms with Crippen molar-refractivity contribution in [2.24, 2.45) is 0 Å². The van der Waals surface area contributed by atoms with Crippen molar-refractivity contribution in [3.63, 3.8) is 0 Å². The molecule has 0 fully saturated rings. The first-order chi connectivity index (χ1) is 9.68. The average molecular weight is 308 g/mol. The molecule has 0 amide bonds. The van der Waals surface area contributed by atoms with Crippen molar-refractivity contribution in [3.8, 4) is 0 Å². The van der Waals surface area contributed by atoms with E-state index in [-0.39, 0.29) is 16.1 Å². The molecule has 0 aliphatic rings. The molecule has 1 N–H and O–H groups in total. The largest absolute Gasteiger partial charge is 0.263 e. The van der Waals surface area contributed by atoms with E-state index in [1.807, 2.05) is 0 Å². The highest BCUT2D eigenvalue weighted by Crippen LogP contribution is 2.24. The lowest BCUT2D eigenvalue weighted by Crippen LogP contribution is -2.15. The van der Waals surface area contributed by atoms with Crippen LogP contribution in [0.25, 0.3) is 0 Å². The Morgan fingerprint density at radius 3 is 2.14 bits per heavy atom. The van der Waals surface area contributed by atoms with Crippen LogP contribution in [0.15, 0.2) is 47.5 Å². The lowest BCUT2D eigenvalue weighted by molar-refractivity contribution is 0.587. The number of hydrogen-bond acceptors (Lipinski definition) is 3. The third kappa shape index (κ3) is 3.78. The number of halogens is 1. The number of anilines is 1. The van der Waals surface area contributed by atoms with E-state index in [0.717, 1.165) is 17.8 Å². The van der Waals surface area contributed by atoms with Crippen LogP contribution in [0.4, 0.5) is 10.2 Å². The van der Waals surface area contributed by atoms with Crippen molar-refractivity contribution in [1.82, 2.24) is 4.98 Å². The molecule has 0 spiro atoms. The van der Waals surface area contributed by atoms with Crippen LogP contribution in [-0.4, -0.2) is 13.4 Å². The van der Waals surface area contributed by atoms with Crippen LogP contribution < -0.4 is 4.72 Å². The highest BCUT2D eigenvalue weighted by Gasteiger charge is 2.18. The number of nitrogens with zero attached hydrogens (tertiary/aromatic N) is 1. The Kier molecular flexibility index (Phi) is 4.00. The minimum absolute atomic E-state index is 0.0474. The summed E-state index contributed by atoms with van der Waals surface area (Å²) in [5, 5.41) is 0. The number of nitrogens with one attached hydrogen (secondary N) is 1. The summed E-state index contributed by atoms with van der Waals surface area (Å²) in [5.74, 6) is -0.441. The van der Waals surface area contributed by atoms with E-state index in [1.165, 1.54) is 6.07 Å². The predicted octanol–water partition coefficient (Wildman–Crippen LogP) is 3.32. The molecule has 0 saturated heterocycles. The van der Waals surface area contributed by atoms with Crippen molar-refractivity contribution in [3.05, 3.63) is 54.0 Å². The Balaban J connectivity index is 2.25. The summed E-state index contributed by atoms with van der Waals surface area (Å²) in [6.07, 6.45) is 0.959. The van der Waals surface area contributed by atoms with Crippen molar-refractivity contribution in [1.29, 1.82) is 0 Å². The molecule has 21 heavy (non-hydrogen) atoms. The molecule has 1 heterocycles. The van der Waals surface area contributed by atoms with Crippen LogP contribution in [0.1, 0.15) is 26.3 Å². The van der Waals surface area contributed by atoms with Gasteiger partial charge in [0, 0.05) is 0 Å². The quantitative estimate of drug-likeness (QED) is 0.946. The number of sulfonamides is 1. The first kappa shape index (κ1) is 15.4. The summed E-state index contributed by atoms with van der Waals surface area (Å²) in [6, 6.07) is 9.09. The average Bonchev–Trinajstić information content (AvgIpc) is 2.40. The molecule has 0 unspecified atom stereocenters. The molecule has 0 aliphatic heterocycles. The molecule has 4 nitrogen and oxygen atoms in total. The van der Waals surface area contributed by atoms with E-state index in [4.69, 9.17) is 0 Å². The van der Waals surface area contributed by atoms with Gasteiger partial charge in [-0.1, -0.05) is 32.9 Å².